The van der Waals surface area contributed by atoms with E-state index in [1.54, 1.807) is 12.5 Å². The molecule has 1 unspecified atom stereocenters. The van der Waals surface area contributed by atoms with Gasteiger partial charge in [-0.2, -0.15) is 0 Å². The van der Waals surface area contributed by atoms with Crippen LogP contribution in [0.4, 0.5) is 0 Å². The van der Waals surface area contributed by atoms with Crippen LogP contribution in [0.5, 0.6) is 0 Å². The van der Waals surface area contributed by atoms with E-state index in [1.165, 1.54) is 0 Å². The number of amides is 1. The van der Waals surface area contributed by atoms with E-state index in [-0.39, 0.29) is 18.4 Å². The van der Waals surface area contributed by atoms with Crippen molar-refractivity contribution in [3.8, 4) is 0 Å². The number of rotatable bonds is 4. The lowest BCUT2D eigenvalue weighted by atomic mass is 10.1. The Morgan fingerprint density at radius 2 is 2.50 bits per heavy atom. The number of hydrogen-bond acceptors (Lipinski definition) is 3. The molecule has 0 radical (unpaired) electrons. The number of likely N-dealkylation sites (tertiary alicyclic amines) is 1. The quantitative estimate of drug-likeness (QED) is 0.830. The Balaban J connectivity index is 1.76. The Hall–Kier alpha value is -1.29. The zero-order valence-electron chi connectivity index (χ0n) is 9.26. The number of nitrogens with zero attached hydrogens (tertiary/aromatic N) is 1. The highest BCUT2D eigenvalue weighted by Gasteiger charge is 2.25. The molecule has 1 aliphatic heterocycles. The van der Waals surface area contributed by atoms with E-state index >= 15 is 0 Å². The van der Waals surface area contributed by atoms with Gasteiger partial charge in [0.15, 0.2) is 0 Å². The van der Waals surface area contributed by atoms with Gasteiger partial charge in [0, 0.05) is 32.0 Å². The van der Waals surface area contributed by atoms with Crippen molar-refractivity contribution < 1.29 is 14.3 Å². The second kappa shape index (κ2) is 5.16. The first-order valence-electron chi connectivity index (χ1n) is 5.69. The third-order valence-corrected chi connectivity index (χ3v) is 3.10. The molecule has 1 saturated heterocycles. The van der Waals surface area contributed by atoms with Gasteiger partial charge < -0.3 is 14.4 Å². The first kappa shape index (κ1) is 11.2. The van der Waals surface area contributed by atoms with Crippen LogP contribution in [0.1, 0.15) is 18.4 Å². The molecule has 2 rings (SSSR count). The molecule has 2 heterocycles. The number of hydrogen-bond donors (Lipinski definition) is 1. The molecule has 0 aromatic carbocycles. The molecule has 4 nitrogen and oxygen atoms in total. The molecule has 1 fully saturated rings. The molecule has 1 aromatic heterocycles. The summed E-state index contributed by atoms with van der Waals surface area (Å²) in [5.41, 5.74) is 1.06. The Kier molecular flexibility index (Phi) is 3.62. The lowest BCUT2D eigenvalue weighted by Crippen LogP contribution is -2.29. The fourth-order valence-corrected chi connectivity index (χ4v) is 2.05. The molecule has 16 heavy (non-hydrogen) atoms. The minimum Gasteiger partial charge on any atom is -0.472 e. The van der Waals surface area contributed by atoms with E-state index in [4.69, 9.17) is 9.52 Å². The minimum atomic E-state index is 0.178. The topological polar surface area (TPSA) is 53.7 Å². The average molecular weight is 223 g/mol. The van der Waals surface area contributed by atoms with Gasteiger partial charge in [-0.15, -0.1) is 0 Å². The molecule has 1 aliphatic rings. The fraction of sp³-hybridized carbons (Fsp3) is 0.583. The van der Waals surface area contributed by atoms with Crippen LogP contribution < -0.4 is 0 Å². The molecule has 1 N–H and O–H groups in total. The van der Waals surface area contributed by atoms with Crippen LogP contribution in [-0.2, 0) is 11.2 Å². The van der Waals surface area contributed by atoms with Gasteiger partial charge in [0.05, 0.1) is 12.5 Å². The van der Waals surface area contributed by atoms with Crippen molar-refractivity contribution in [1.29, 1.82) is 0 Å². The fourth-order valence-electron chi connectivity index (χ4n) is 2.05. The summed E-state index contributed by atoms with van der Waals surface area (Å²) in [6, 6.07) is 1.88. The molecule has 88 valence electrons. The van der Waals surface area contributed by atoms with Crippen molar-refractivity contribution >= 4 is 5.91 Å². The summed E-state index contributed by atoms with van der Waals surface area (Å²) in [7, 11) is 0. The number of aliphatic hydroxyl groups excluding tert-OH is 1. The lowest BCUT2D eigenvalue weighted by Gasteiger charge is -2.15. The third kappa shape index (κ3) is 2.64. The van der Waals surface area contributed by atoms with E-state index in [9.17, 15) is 4.79 Å². The summed E-state index contributed by atoms with van der Waals surface area (Å²) < 4.78 is 4.95. The van der Waals surface area contributed by atoms with Crippen molar-refractivity contribution in [2.75, 3.05) is 19.7 Å². The van der Waals surface area contributed by atoms with Crippen LogP contribution in [0.25, 0.3) is 0 Å². The minimum absolute atomic E-state index is 0.178. The monoisotopic (exact) mass is 223 g/mol. The SMILES string of the molecule is O=C(CCc1ccoc1)N1CCC(CO)C1. The maximum atomic E-state index is 11.8. The highest BCUT2D eigenvalue weighted by molar-refractivity contribution is 5.76. The summed E-state index contributed by atoms with van der Waals surface area (Å²) in [6.07, 6.45) is 5.48. The molecule has 4 heteroatoms. The molecular formula is C12H17NO3. The van der Waals surface area contributed by atoms with E-state index < -0.39 is 0 Å². The van der Waals surface area contributed by atoms with E-state index in [2.05, 4.69) is 0 Å². The van der Waals surface area contributed by atoms with Crippen molar-refractivity contribution in [1.82, 2.24) is 4.90 Å². The van der Waals surface area contributed by atoms with Gasteiger partial charge in [-0.25, -0.2) is 0 Å². The average Bonchev–Trinajstić information content (AvgIpc) is 2.96. The Bertz CT molecular complexity index is 334. The first-order chi connectivity index (χ1) is 7.79. The standard InChI is InChI=1S/C12H17NO3/c14-8-11-3-5-13(7-11)12(15)2-1-10-4-6-16-9-10/h4,6,9,11,14H,1-3,5,7-8H2. The maximum Gasteiger partial charge on any atom is 0.222 e. The summed E-state index contributed by atoms with van der Waals surface area (Å²) in [5, 5.41) is 9.00. The van der Waals surface area contributed by atoms with Crippen molar-refractivity contribution in [3.05, 3.63) is 24.2 Å². The van der Waals surface area contributed by atoms with Gasteiger partial charge in [0.1, 0.15) is 0 Å². The first-order valence-corrected chi connectivity index (χ1v) is 5.69. The van der Waals surface area contributed by atoms with Crippen molar-refractivity contribution in [3.63, 3.8) is 0 Å². The predicted molar refractivity (Wildman–Crippen MR) is 58.8 cm³/mol. The number of aliphatic hydroxyl groups is 1. The van der Waals surface area contributed by atoms with Crippen LogP contribution in [-0.4, -0.2) is 35.6 Å². The van der Waals surface area contributed by atoms with Crippen molar-refractivity contribution in [2.45, 2.75) is 19.3 Å². The van der Waals surface area contributed by atoms with Crippen LogP contribution in [0.2, 0.25) is 0 Å². The third-order valence-electron chi connectivity index (χ3n) is 3.10. The lowest BCUT2D eigenvalue weighted by molar-refractivity contribution is -0.130. The molecular weight excluding hydrogens is 206 g/mol. The maximum absolute atomic E-state index is 11.8. The van der Waals surface area contributed by atoms with Crippen molar-refractivity contribution in [2.24, 2.45) is 5.92 Å². The molecule has 0 bridgehead atoms. The van der Waals surface area contributed by atoms with Gasteiger partial charge >= 0.3 is 0 Å². The molecule has 1 amide bonds. The summed E-state index contributed by atoms with van der Waals surface area (Å²) in [5.74, 6) is 0.454. The van der Waals surface area contributed by atoms with Gasteiger partial charge in [0.25, 0.3) is 0 Å². The van der Waals surface area contributed by atoms with Crippen LogP contribution >= 0.6 is 0 Å². The highest BCUT2D eigenvalue weighted by atomic mass is 16.3. The summed E-state index contributed by atoms with van der Waals surface area (Å²) in [4.78, 5) is 13.7. The highest BCUT2D eigenvalue weighted by Crippen LogP contribution is 2.17. The van der Waals surface area contributed by atoms with E-state index in [1.807, 2.05) is 11.0 Å². The molecule has 0 spiro atoms. The second-order valence-corrected chi connectivity index (χ2v) is 4.31. The zero-order chi connectivity index (χ0) is 11.4. The van der Waals surface area contributed by atoms with Gasteiger partial charge in [-0.1, -0.05) is 0 Å². The normalized spacial score (nSPS) is 20.3. The Labute approximate surface area is 94.9 Å². The predicted octanol–water partition coefficient (Wildman–Crippen LogP) is 1.05. The Morgan fingerprint density at radius 1 is 1.62 bits per heavy atom. The van der Waals surface area contributed by atoms with Gasteiger partial charge in [-0.05, 0) is 24.5 Å². The molecule has 0 aliphatic carbocycles. The second-order valence-electron chi connectivity index (χ2n) is 4.31. The van der Waals surface area contributed by atoms with Gasteiger partial charge in [0.2, 0.25) is 5.91 Å². The Morgan fingerprint density at radius 3 is 3.12 bits per heavy atom. The van der Waals surface area contributed by atoms with E-state index in [0.29, 0.717) is 13.0 Å². The smallest absolute Gasteiger partial charge is 0.222 e. The zero-order valence-corrected chi connectivity index (χ0v) is 9.26. The molecule has 1 aromatic rings. The number of aryl methyl sites for hydroxylation is 1. The van der Waals surface area contributed by atoms with Crippen LogP contribution in [0, 0.1) is 5.92 Å². The largest absolute Gasteiger partial charge is 0.472 e. The molecule has 1 atom stereocenters. The summed E-state index contributed by atoms with van der Waals surface area (Å²) in [6.45, 7) is 1.68. The van der Waals surface area contributed by atoms with Gasteiger partial charge in [-0.3, -0.25) is 4.79 Å². The molecule has 0 saturated carbocycles. The number of carbonyl (C=O) groups excluding carboxylic acids is 1. The number of furan rings is 1. The summed E-state index contributed by atoms with van der Waals surface area (Å²) >= 11 is 0. The van der Waals surface area contributed by atoms with E-state index in [0.717, 1.165) is 24.9 Å². The van der Waals surface area contributed by atoms with Crippen LogP contribution in [0.3, 0.4) is 0 Å². The number of carbonyl (C=O) groups is 1. The van der Waals surface area contributed by atoms with Crippen LogP contribution in [0.15, 0.2) is 23.0 Å².